The molecule has 0 spiro atoms. The molecule has 0 bridgehead atoms. The summed E-state index contributed by atoms with van der Waals surface area (Å²) in [7, 11) is 0. The van der Waals surface area contributed by atoms with Crippen molar-refractivity contribution in [2.45, 2.75) is 20.3 Å². The summed E-state index contributed by atoms with van der Waals surface area (Å²) in [5.41, 5.74) is 2.18. The second-order valence-electron chi connectivity index (χ2n) is 4.46. The van der Waals surface area contributed by atoms with Crippen molar-refractivity contribution in [3.63, 3.8) is 0 Å². The lowest BCUT2D eigenvalue weighted by Gasteiger charge is -2.12. The molecule has 20 heavy (non-hydrogen) atoms. The summed E-state index contributed by atoms with van der Waals surface area (Å²) < 4.78 is 0.766. The standard InChI is InChI=1S/C14H15ClN2O2S/c1-8-7-11(13(14(18)19)9(2)17-8)16-6-5-10-3-4-12(15)20-10/h3-4,7H,5-6H2,1-2H3,(H,16,17)(H,18,19). The van der Waals surface area contributed by atoms with E-state index in [2.05, 4.69) is 10.3 Å². The number of rotatable bonds is 5. The highest BCUT2D eigenvalue weighted by Crippen LogP contribution is 2.23. The Morgan fingerprint density at radius 2 is 2.20 bits per heavy atom. The van der Waals surface area contributed by atoms with E-state index in [1.807, 2.05) is 19.1 Å². The molecule has 0 amide bonds. The van der Waals surface area contributed by atoms with Gasteiger partial charge in [-0.3, -0.25) is 4.98 Å². The lowest BCUT2D eigenvalue weighted by Crippen LogP contribution is -2.12. The van der Waals surface area contributed by atoms with Gasteiger partial charge >= 0.3 is 5.97 Å². The molecule has 2 N–H and O–H groups in total. The predicted molar refractivity (Wildman–Crippen MR) is 82.2 cm³/mol. The molecule has 0 saturated heterocycles. The van der Waals surface area contributed by atoms with Crippen molar-refractivity contribution < 1.29 is 9.90 Å². The lowest BCUT2D eigenvalue weighted by atomic mass is 10.1. The number of carboxylic acids is 1. The van der Waals surface area contributed by atoms with Crippen LogP contribution in [0, 0.1) is 13.8 Å². The number of anilines is 1. The molecule has 0 unspecified atom stereocenters. The number of thiophene rings is 1. The first kappa shape index (κ1) is 14.8. The van der Waals surface area contributed by atoms with Crippen LogP contribution in [0.5, 0.6) is 0 Å². The zero-order chi connectivity index (χ0) is 14.7. The number of halogens is 1. The van der Waals surface area contributed by atoms with E-state index in [1.165, 1.54) is 16.2 Å². The zero-order valence-corrected chi connectivity index (χ0v) is 12.8. The Labute approximate surface area is 126 Å². The van der Waals surface area contributed by atoms with Gasteiger partial charge in [-0.25, -0.2) is 4.79 Å². The molecule has 2 aromatic rings. The third-order valence-electron chi connectivity index (χ3n) is 2.86. The summed E-state index contributed by atoms with van der Waals surface area (Å²) in [6.45, 7) is 4.21. The highest BCUT2D eigenvalue weighted by molar-refractivity contribution is 7.16. The van der Waals surface area contributed by atoms with E-state index in [1.54, 1.807) is 13.0 Å². The number of aryl methyl sites for hydroxylation is 2. The fourth-order valence-corrected chi connectivity index (χ4v) is 3.13. The van der Waals surface area contributed by atoms with Crippen molar-refractivity contribution in [1.29, 1.82) is 0 Å². The summed E-state index contributed by atoms with van der Waals surface area (Å²) in [5, 5.41) is 12.4. The molecule has 2 heterocycles. The zero-order valence-electron chi connectivity index (χ0n) is 11.2. The molecule has 0 atom stereocenters. The van der Waals surface area contributed by atoms with Crippen LogP contribution in [0.3, 0.4) is 0 Å². The molecule has 2 rings (SSSR count). The van der Waals surface area contributed by atoms with E-state index in [9.17, 15) is 9.90 Å². The summed E-state index contributed by atoms with van der Waals surface area (Å²) in [6, 6.07) is 5.61. The van der Waals surface area contributed by atoms with E-state index < -0.39 is 5.97 Å². The quantitative estimate of drug-likeness (QED) is 0.882. The molecule has 0 fully saturated rings. The van der Waals surface area contributed by atoms with Crippen LogP contribution < -0.4 is 5.32 Å². The Kier molecular flexibility index (Phi) is 4.62. The van der Waals surface area contributed by atoms with Crippen LogP contribution in [0.25, 0.3) is 0 Å². The summed E-state index contributed by atoms with van der Waals surface area (Å²) in [4.78, 5) is 16.7. The maximum absolute atomic E-state index is 11.3. The second kappa shape index (κ2) is 6.24. The molecule has 106 valence electrons. The van der Waals surface area contributed by atoms with Gasteiger partial charge in [0.15, 0.2) is 0 Å². The van der Waals surface area contributed by atoms with Gasteiger partial charge in [-0.1, -0.05) is 11.6 Å². The van der Waals surface area contributed by atoms with Gasteiger partial charge in [0.1, 0.15) is 5.56 Å². The number of hydrogen-bond donors (Lipinski definition) is 2. The molecule has 0 aliphatic carbocycles. The van der Waals surface area contributed by atoms with Gasteiger partial charge in [0.25, 0.3) is 0 Å². The third kappa shape index (κ3) is 3.49. The van der Waals surface area contributed by atoms with Crippen molar-refractivity contribution in [2.75, 3.05) is 11.9 Å². The minimum Gasteiger partial charge on any atom is -0.478 e. The normalized spacial score (nSPS) is 10.6. The highest BCUT2D eigenvalue weighted by atomic mass is 35.5. The monoisotopic (exact) mass is 310 g/mol. The van der Waals surface area contributed by atoms with Gasteiger partial charge in [0.2, 0.25) is 0 Å². The highest BCUT2D eigenvalue weighted by Gasteiger charge is 2.15. The first-order valence-corrected chi connectivity index (χ1v) is 7.36. The molecule has 0 aromatic carbocycles. The minimum atomic E-state index is -0.961. The number of nitrogens with one attached hydrogen (secondary N) is 1. The number of aromatic carboxylic acids is 1. The summed E-state index contributed by atoms with van der Waals surface area (Å²) >= 11 is 7.41. The van der Waals surface area contributed by atoms with Crippen LogP contribution in [0.1, 0.15) is 26.6 Å². The van der Waals surface area contributed by atoms with Crippen LogP contribution in [0.2, 0.25) is 4.34 Å². The van der Waals surface area contributed by atoms with Crippen LogP contribution in [-0.4, -0.2) is 22.6 Å². The number of hydrogen-bond acceptors (Lipinski definition) is 4. The van der Waals surface area contributed by atoms with Crippen molar-refractivity contribution in [3.8, 4) is 0 Å². The van der Waals surface area contributed by atoms with Crippen LogP contribution in [0.15, 0.2) is 18.2 Å². The van der Waals surface area contributed by atoms with Gasteiger partial charge < -0.3 is 10.4 Å². The molecule has 2 aromatic heterocycles. The first-order chi connectivity index (χ1) is 9.47. The SMILES string of the molecule is Cc1cc(NCCc2ccc(Cl)s2)c(C(=O)O)c(C)n1. The van der Waals surface area contributed by atoms with E-state index in [4.69, 9.17) is 11.6 Å². The van der Waals surface area contributed by atoms with E-state index in [0.29, 0.717) is 17.9 Å². The molecule has 4 nitrogen and oxygen atoms in total. The molecule has 0 aliphatic rings. The maximum Gasteiger partial charge on any atom is 0.339 e. The van der Waals surface area contributed by atoms with Crippen LogP contribution >= 0.6 is 22.9 Å². The third-order valence-corrected chi connectivity index (χ3v) is 4.15. The van der Waals surface area contributed by atoms with Crippen LogP contribution in [-0.2, 0) is 6.42 Å². The summed E-state index contributed by atoms with van der Waals surface area (Å²) in [5.74, 6) is -0.961. The largest absolute Gasteiger partial charge is 0.478 e. The Morgan fingerprint density at radius 3 is 2.80 bits per heavy atom. The topological polar surface area (TPSA) is 62.2 Å². The van der Waals surface area contributed by atoms with Crippen molar-refractivity contribution in [3.05, 3.63) is 44.4 Å². The summed E-state index contributed by atoms with van der Waals surface area (Å²) in [6.07, 6.45) is 0.802. The Morgan fingerprint density at radius 1 is 1.45 bits per heavy atom. The van der Waals surface area contributed by atoms with E-state index >= 15 is 0 Å². The molecule has 0 radical (unpaired) electrons. The Bertz CT molecular complexity index is 640. The average Bonchev–Trinajstić information content (AvgIpc) is 2.73. The number of carbonyl (C=O) groups is 1. The fraction of sp³-hybridized carbons (Fsp3) is 0.286. The number of carboxylic acid groups (broad SMARTS) is 1. The van der Waals surface area contributed by atoms with E-state index in [0.717, 1.165) is 16.5 Å². The Balaban J connectivity index is 2.10. The molecule has 0 aliphatic heterocycles. The van der Waals surface area contributed by atoms with Crippen molar-refractivity contribution in [1.82, 2.24) is 4.98 Å². The molecular formula is C14H15ClN2O2S. The number of aromatic nitrogens is 1. The molecular weight excluding hydrogens is 296 g/mol. The maximum atomic E-state index is 11.3. The van der Waals surface area contributed by atoms with Gasteiger partial charge in [-0.05, 0) is 38.5 Å². The minimum absolute atomic E-state index is 0.236. The molecule has 0 saturated carbocycles. The van der Waals surface area contributed by atoms with Crippen LogP contribution in [0.4, 0.5) is 5.69 Å². The lowest BCUT2D eigenvalue weighted by molar-refractivity contribution is 0.0696. The molecule has 6 heteroatoms. The number of pyridine rings is 1. The number of nitrogens with zero attached hydrogens (tertiary/aromatic N) is 1. The Hall–Kier alpha value is -1.59. The van der Waals surface area contributed by atoms with Crippen molar-refractivity contribution in [2.24, 2.45) is 0 Å². The van der Waals surface area contributed by atoms with Gasteiger partial charge in [-0.2, -0.15) is 0 Å². The first-order valence-electron chi connectivity index (χ1n) is 6.17. The van der Waals surface area contributed by atoms with Gasteiger partial charge in [0, 0.05) is 17.1 Å². The average molecular weight is 311 g/mol. The fourth-order valence-electron chi connectivity index (χ4n) is 2.04. The predicted octanol–water partition coefficient (Wildman–Crippen LogP) is 3.77. The smallest absolute Gasteiger partial charge is 0.339 e. The van der Waals surface area contributed by atoms with Gasteiger partial charge in [-0.15, -0.1) is 11.3 Å². The van der Waals surface area contributed by atoms with Gasteiger partial charge in [0.05, 0.1) is 15.7 Å². The van der Waals surface area contributed by atoms with E-state index in [-0.39, 0.29) is 5.56 Å². The van der Waals surface area contributed by atoms with Crippen molar-refractivity contribution >= 4 is 34.6 Å². The second-order valence-corrected chi connectivity index (χ2v) is 6.26.